The van der Waals surface area contributed by atoms with Gasteiger partial charge in [0.2, 0.25) is 5.91 Å². The monoisotopic (exact) mass is 258 g/mol. The molecular formula is C15H18N2O2. The summed E-state index contributed by atoms with van der Waals surface area (Å²) in [5.41, 5.74) is 2.62. The molecule has 0 bridgehead atoms. The lowest BCUT2D eigenvalue weighted by molar-refractivity contribution is -0.121. The lowest BCUT2D eigenvalue weighted by Crippen LogP contribution is -2.33. The quantitative estimate of drug-likeness (QED) is 0.921. The fourth-order valence-corrected chi connectivity index (χ4v) is 2.73. The molecule has 19 heavy (non-hydrogen) atoms. The Balaban J connectivity index is 1.73. The fraction of sp³-hybridized carbons (Fsp3) is 0.467. The number of carbonyl (C=O) groups is 1. The van der Waals surface area contributed by atoms with Crippen molar-refractivity contribution in [2.45, 2.75) is 45.1 Å². The van der Waals surface area contributed by atoms with Crippen LogP contribution >= 0.6 is 0 Å². The van der Waals surface area contributed by atoms with E-state index in [-0.39, 0.29) is 5.91 Å². The van der Waals surface area contributed by atoms with Crippen molar-refractivity contribution in [1.29, 1.82) is 0 Å². The smallest absolute Gasteiger partial charge is 0.226 e. The Morgan fingerprint density at radius 1 is 1.42 bits per heavy atom. The number of aromatic nitrogens is 1. The summed E-state index contributed by atoms with van der Waals surface area (Å²) >= 11 is 0. The summed E-state index contributed by atoms with van der Waals surface area (Å²) in [5, 5.41) is 8.04. The number of benzene rings is 1. The Labute approximate surface area is 112 Å². The Bertz CT molecular complexity index is 597. The van der Waals surface area contributed by atoms with E-state index in [0.29, 0.717) is 12.5 Å². The van der Waals surface area contributed by atoms with Gasteiger partial charge in [-0.05, 0) is 31.9 Å². The lowest BCUT2D eigenvalue weighted by Gasteiger charge is -2.10. The maximum Gasteiger partial charge on any atom is 0.226 e. The summed E-state index contributed by atoms with van der Waals surface area (Å²) in [4.78, 5) is 12.0. The number of aryl methyl sites for hydroxylation is 1. The Hall–Kier alpha value is -1.84. The van der Waals surface area contributed by atoms with Crippen molar-refractivity contribution < 1.29 is 9.32 Å². The number of rotatable bonds is 3. The van der Waals surface area contributed by atoms with Gasteiger partial charge in [0.1, 0.15) is 5.69 Å². The maximum absolute atomic E-state index is 12.0. The number of nitrogens with zero attached hydrogens (tertiary/aromatic N) is 1. The van der Waals surface area contributed by atoms with Gasteiger partial charge < -0.3 is 9.84 Å². The maximum atomic E-state index is 12.0. The van der Waals surface area contributed by atoms with Gasteiger partial charge in [-0.25, -0.2) is 0 Å². The SMILES string of the molecule is Cc1ccc2onc(CC(=O)NC3CCCC3)c2c1. The number of nitrogens with one attached hydrogen (secondary N) is 1. The zero-order valence-electron chi connectivity index (χ0n) is 11.1. The summed E-state index contributed by atoms with van der Waals surface area (Å²) in [6, 6.07) is 6.25. The Morgan fingerprint density at radius 2 is 2.21 bits per heavy atom. The molecule has 1 amide bonds. The van der Waals surface area contributed by atoms with Gasteiger partial charge in [-0.3, -0.25) is 4.79 Å². The highest BCUT2D eigenvalue weighted by Crippen LogP contribution is 2.21. The molecule has 0 atom stereocenters. The van der Waals surface area contributed by atoms with Gasteiger partial charge in [-0.1, -0.05) is 29.6 Å². The molecule has 100 valence electrons. The van der Waals surface area contributed by atoms with Gasteiger partial charge in [-0.2, -0.15) is 0 Å². The molecule has 0 saturated heterocycles. The highest BCUT2D eigenvalue weighted by Gasteiger charge is 2.19. The molecule has 1 aromatic heterocycles. The molecule has 2 aromatic rings. The molecule has 1 aromatic carbocycles. The van der Waals surface area contributed by atoms with Gasteiger partial charge in [0.25, 0.3) is 0 Å². The summed E-state index contributed by atoms with van der Waals surface area (Å²) in [6.07, 6.45) is 4.94. The van der Waals surface area contributed by atoms with Crippen LogP contribution in [-0.4, -0.2) is 17.1 Å². The van der Waals surface area contributed by atoms with Crippen molar-refractivity contribution in [3.8, 4) is 0 Å². The van der Waals surface area contributed by atoms with Crippen molar-refractivity contribution >= 4 is 16.9 Å². The molecule has 4 nitrogen and oxygen atoms in total. The second-order valence-electron chi connectivity index (χ2n) is 5.35. The largest absolute Gasteiger partial charge is 0.356 e. The van der Waals surface area contributed by atoms with Crippen molar-refractivity contribution in [2.24, 2.45) is 0 Å². The second-order valence-corrected chi connectivity index (χ2v) is 5.35. The molecule has 1 N–H and O–H groups in total. The van der Waals surface area contributed by atoms with E-state index < -0.39 is 0 Å². The van der Waals surface area contributed by atoms with E-state index in [1.807, 2.05) is 25.1 Å². The zero-order chi connectivity index (χ0) is 13.2. The summed E-state index contributed by atoms with van der Waals surface area (Å²) < 4.78 is 5.24. The number of fused-ring (bicyclic) bond motifs is 1. The predicted octanol–water partition coefficient (Wildman–Crippen LogP) is 2.74. The average Bonchev–Trinajstić information content (AvgIpc) is 3.00. The fourth-order valence-electron chi connectivity index (χ4n) is 2.73. The molecule has 1 saturated carbocycles. The van der Waals surface area contributed by atoms with E-state index in [9.17, 15) is 4.79 Å². The van der Waals surface area contributed by atoms with E-state index in [1.54, 1.807) is 0 Å². The molecule has 0 aliphatic heterocycles. The topological polar surface area (TPSA) is 55.1 Å². The molecule has 0 unspecified atom stereocenters. The molecule has 1 aliphatic carbocycles. The summed E-state index contributed by atoms with van der Waals surface area (Å²) in [5.74, 6) is 0.0450. The highest BCUT2D eigenvalue weighted by molar-refractivity contribution is 5.86. The normalized spacial score (nSPS) is 16.1. The molecule has 3 rings (SSSR count). The second kappa shape index (κ2) is 5.03. The molecule has 0 spiro atoms. The van der Waals surface area contributed by atoms with Crippen LogP contribution in [0.3, 0.4) is 0 Å². The number of amides is 1. The number of hydrogen-bond acceptors (Lipinski definition) is 3. The summed E-state index contributed by atoms with van der Waals surface area (Å²) in [6.45, 7) is 2.02. The van der Waals surface area contributed by atoms with Crippen molar-refractivity contribution in [2.75, 3.05) is 0 Å². The van der Waals surface area contributed by atoms with Crippen LogP contribution in [0.5, 0.6) is 0 Å². The standard InChI is InChI=1S/C15H18N2O2/c1-10-6-7-14-12(8-10)13(17-19-14)9-15(18)16-11-4-2-3-5-11/h6-8,11H,2-5,9H2,1H3,(H,16,18). The van der Waals surface area contributed by atoms with Gasteiger partial charge in [0, 0.05) is 11.4 Å². The first-order chi connectivity index (χ1) is 9.22. The van der Waals surface area contributed by atoms with Gasteiger partial charge in [0.05, 0.1) is 6.42 Å². The van der Waals surface area contributed by atoms with Gasteiger partial charge in [-0.15, -0.1) is 0 Å². The van der Waals surface area contributed by atoms with Crippen LogP contribution in [-0.2, 0) is 11.2 Å². The molecule has 1 fully saturated rings. The predicted molar refractivity (Wildman–Crippen MR) is 72.8 cm³/mol. The Kier molecular flexibility index (Phi) is 3.23. The minimum atomic E-state index is 0.0450. The van der Waals surface area contributed by atoms with E-state index in [1.165, 1.54) is 12.8 Å². The molecular weight excluding hydrogens is 240 g/mol. The van der Waals surface area contributed by atoms with Crippen molar-refractivity contribution in [1.82, 2.24) is 10.5 Å². The van der Waals surface area contributed by atoms with Crippen LogP contribution in [0.2, 0.25) is 0 Å². The van der Waals surface area contributed by atoms with E-state index >= 15 is 0 Å². The molecule has 1 heterocycles. The van der Waals surface area contributed by atoms with E-state index in [2.05, 4.69) is 10.5 Å². The summed E-state index contributed by atoms with van der Waals surface area (Å²) in [7, 11) is 0. The third-order valence-electron chi connectivity index (χ3n) is 3.75. The zero-order valence-corrected chi connectivity index (χ0v) is 11.1. The third kappa shape index (κ3) is 2.62. The van der Waals surface area contributed by atoms with E-state index in [0.717, 1.165) is 35.1 Å². The number of hydrogen-bond donors (Lipinski definition) is 1. The van der Waals surface area contributed by atoms with Crippen LogP contribution < -0.4 is 5.32 Å². The first-order valence-electron chi connectivity index (χ1n) is 6.86. The van der Waals surface area contributed by atoms with Crippen molar-refractivity contribution in [3.63, 3.8) is 0 Å². The Morgan fingerprint density at radius 3 is 3.00 bits per heavy atom. The third-order valence-corrected chi connectivity index (χ3v) is 3.75. The molecule has 0 radical (unpaired) electrons. The minimum Gasteiger partial charge on any atom is -0.356 e. The van der Waals surface area contributed by atoms with Crippen LogP contribution in [0.25, 0.3) is 11.0 Å². The van der Waals surface area contributed by atoms with Gasteiger partial charge >= 0.3 is 0 Å². The first-order valence-corrected chi connectivity index (χ1v) is 6.86. The molecule has 4 heteroatoms. The van der Waals surface area contributed by atoms with Crippen LogP contribution in [0.1, 0.15) is 36.9 Å². The average molecular weight is 258 g/mol. The molecule has 1 aliphatic rings. The van der Waals surface area contributed by atoms with Crippen LogP contribution in [0, 0.1) is 6.92 Å². The minimum absolute atomic E-state index is 0.0450. The van der Waals surface area contributed by atoms with Crippen LogP contribution in [0.15, 0.2) is 22.7 Å². The van der Waals surface area contributed by atoms with Crippen molar-refractivity contribution in [3.05, 3.63) is 29.5 Å². The number of carbonyl (C=O) groups excluding carboxylic acids is 1. The van der Waals surface area contributed by atoms with Crippen LogP contribution in [0.4, 0.5) is 0 Å². The first kappa shape index (κ1) is 12.2. The lowest BCUT2D eigenvalue weighted by atomic mass is 10.1. The van der Waals surface area contributed by atoms with Gasteiger partial charge in [0.15, 0.2) is 5.58 Å². The van der Waals surface area contributed by atoms with E-state index in [4.69, 9.17) is 4.52 Å². The highest BCUT2D eigenvalue weighted by atomic mass is 16.5.